The van der Waals surface area contributed by atoms with Gasteiger partial charge in [-0.3, -0.25) is 9.59 Å². The van der Waals surface area contributed by atoms with Crippen molar-refractivity contribution in [3.8, 4) is 0 Å². The molecule has 0 amide bonds. The minimum absolute atomic E-state index is 0.159. The summed E-state index contributed by atoms with van der Waals surface area (Å²) in [4.78, 5) is 25.4. The van der Waals surface area contributed by atoms with E-state index < -0.39 is 0 Å². The van der Waals surface area contributed by atoms with Crippen molar-refractivity contribution >= 4 is 29.9 Å². The molecular formula is C15H11NO2S. The highest BCUT2D eigenvalue weighted by atomic mass is 32.1. The summed E-state index contributed by atoms with van der Waals surface area (Å²) < 4.78 is 0. The maximum absolute atomic E-state index is 12.5. The normalized spacial score (nSPS) is 13.2. The molecule has 0 saturated carbocycles. The predicted octanol–water partition coefficient (Wildman–Crippen LogP) is 2.64. The van der Waals surface area contributed by atoms with Crippen molar-refractivity contribution in [1.82, 2.24) is 0 Å². The smallest absolute Gasteiger partial charge is 0.196 e. The van der Waals surface area contributed by atoms with Gasteiger partial charge in [-0.25, -0.2) is 0 Å². The van der Waals surface area contributed by atoms with E-state index >= 15 is 0 Å². The van der Waals surface area contributed by atoms with Gasteiger partial charge in [0.1, 0.15) is 0 Å². The van der Waals surface area contributed by atoms with E-state index in [-0.39, 0.29) is 22.8 Å². The first kappa shape index (κ1) is 12.0. The first-order valence-electron chi connectivity index (χ1n) is 5.82. The molecule has 0 radical (unpaired) electrons. The molecule has 4 heteroatoms. The second-order valence-electron chi connectivity index (χ2n) is 4.63. The average Bonchev–Trinajstić information content (AvgIpc) is 2.39. The summed E-state index contributed by atoms with van der Waals surface area (Å²) in [6, 6.07) is 8.49. The van der Waals surface area contributed by atoms with Gasteiger partial charge in [-0.2, -0.15) is 0 Å². The summed E-state index contributed by atoms with van der Waals surface area (Å²) >= 11 is 4.20. The highest BCUT2D eigenvalue weighted by Crippen LogP contribution is 2.34. The predicted molar refractivity (Wildman–Crippen MR) is 76.2 cm³/mol. The molecule has 0 saturated heterocycles. The SMILES string of the molecule is Cc1ccc2c(c1)C(=O)c1ccc(S)c(N)c1C2=O. The molecule has 0 spiro atoms. The number of benzene rings is 2. The van der Waals surface area contributed by atoms with Crippen LogP contribution in [0.15, 0.2) is 35.2 Å². The molecule has 0 bridgehead atoms. The number of rotatable bonds is 0. The third kappa shape index (κ3) is 1.60. The Morgan fingerprint density at radius 1 is 0.947 bits per heavy atom. The van der Waals surface area contributed by atoms with Gasteiger partial charge >= 0.3 is 0 Å². The van der Waals surface area contributed by atoms with Gasteiger partial charge in [0.05, 0.1) is 11.3 Å². The molecular weight excluding hydrogens is 258 g/mol. The number of nitrogens with two attached hydrogens (primary N) is 1. The van der Waals surface area contributed by atoms with Crippen molar-refractivity contribution in [1.29, 1.82) is 0 Å². The highest BCUT2D eigenvalue weighted by Gasteiger charge is 2.31. The number of ketones is 2. The largest absolute Gasteiger partial charge is 0.397 e. The fourth-order valence-electron chi connectivity index (χ4n) is 2.37. The van der Waals surface area contributed by atoms with Gasteiger partial charge in [-0.05, 0) is 25.1 Å². The molecule has 0 aliphatic heterocycles. The van der Waals surface area contributed by atoms with Crippen molar-refractivity contribution in [2.45, 2.75) is 11.8 Å². The van der Waals surface area contributed by atoms with Gasteiger partial charge in [0.25, 0.3) is 0 Å². The van der Waals surface area contributed by atoms with Gasteiger partial charge in [-0.1, -0.05) is 17.7 Å². The number of carbonyl (C=O) groups is 2. The zero-order chi connectivity index (χ0) is 13.7. The molecule has 0 unspecified atom stereocenters. The Kier molecular flexibility index (Phi) is 2.50. The molecule has 3 nitrogen and oxygen atoms in total. The molecule has 2 aromatic carbocycles. The standard InChI is InChI=1S/C15H11NO2S/c1-7-2-3-8-10(6-7)14(17)9-4-5-11(19)13(16)12(9)15(8)18/h2-6,19H,16H2,1H3. The zero-order valence-corrected chi connectivity index (χ0v) is 11.1. The number of nitrogen functional groups attached to an aromatic ring is 1. The van der Waals surface area contributed by atoms with Crippen molar-refractivity contribution < 1.29 is 9.59 Å². The molecule has 1 aliphatic carbocycles. The third-order valence-corrected chi connectivity index (χ3v) is 3.75. The number of hydrogen-bond donors (Lipinski definition) is 2. The summed E-state index contributed by atoms with van der Waals surface area (Å²) in [7, 11) is 0. The Balaban J connectivity index is 2.36. The Morgan fingerprint density at radius 3 is 2.37 bits per heavy atom. The van der Waals surface area contributed by atoms with E-state index in [4.69, 9.17) is 5.73 Å². The number of hydrogen-bond acceptors (Lipinski definition) is 4. The number of thiol groups is 1. The second kappa shape index (κ2) is 3.96. The lowest BCUT2D eigenvalue weighted by Crippen LogP contribution is -2.22. The van der Waals surface area contributed by atoms with Crippen LogP contribution < -0.4 is 5.73 Å². The highest BCUT2D eigenvalue weighted by molar-refractivity contribution is 7.80. The Morgan fingerprint density at radius 2 is 1.63 bits per heavy atom. The van der Waals surface area contributed by atoms with Gasteiger partial charge in [-0.15, -0.1) is 12.6 Å². The number of fused-ring (bicyclic) bond motifs is 2. The number of aryl methyl sites for hydroxylation is 1. The van der Waals surface area contributed by atoms with E-state index in [1.807, 2.05) is 13.0 Å². The van der Waals surface area contributed by atoms with E-state index in [0.29, 0.717) is 21.6 Å². The van der Waals surface area contributed by atoms with Gasteiger partial charge in [0.15, 0.2) is 11.6 Å². The maximum atomic E-state index is 12.5. The molecule has 19 heavy (non-hydrogen) atoms. The van der Waals surface area contributed by atoms with Crippen molar-refractivity contribution in [3.63, 3.8) is 0 Å². The molecule has 0 aromatic heterocycles. The lowest BCUT2D eigenvalue weighted by molar-refractivity contribution is 0.0979. The fourth-order valence-corrected chi connectivity index (χ4v) is 2.55. The Hall–Kier alpha value is -2.07. The van der Waals surface area contributed by atoms with Crippen molar-refractivity contribution in [2.24, 2.45) is 0 Å². The van der Waals surface area contributed by atoms with Crippen molar-refractivity contribution in [3.05, 3.63) is 58.1 Å². The lowest BCUT2D eigenvalue weighted by atomic mass is 9.82. The van der Waals surface area contributed by atoms with E-state index in [9.17, 15) is 9.59 Å². The van der Waals surface area contributed by atoms with Crippen LogP contribution in [0.2, 0.25) is 0 Å². The van der Waals surface area contributed by atoms with E-state index in [1.54, 1.807) is 24.3 Å². The summed E-state index contributed by atoms with van der Waals surface area (Å²) in [5, 5.41) is 0. The van der Waals surface area contributed by atoms with Gasteiger partial charge in [0.2, 0.25) is 0 Å². The summed E-state index contributed by atoms with van der Waals surface area (Å²) in [5.41, 5.74) is 8.60. The summed E-state index contributed by atoms with van der Waals surface area (Å²) in [6.07, 6.45) is 0. The van der Waals surface area contributed by atoms with Gasteiger partial charge in [0, 0.05) is 21.6 Å². The number of anilines is 1. The molecule has 94 valence electrons. The van der Waals surface area contributed by atoms with Crippen LogP contribution in [0, 0.1) is 6.92 Å². The molecule has 3 rings (SSSR count). The molecule has 2 N–H and O–H groups in total. The molecule has 0 heterocycles. The molecule has 1 aliphatic rings. The minimum Gasteiger partial charge on any atom is -0.397 e. The molecule has 0 fully saturated rings. The Bertz CT molecular complexity index is 750. The van der Waals surface area contributed by atoms with Crippen LogP contribution in [0.3, 0.4) is 0 Å². The molecule has 0 atom stereocenters. The third-order valence-electron chi connectivity index (χ3n) is 3.36. The van der Waals surface area contributed by atoms with Gasteiger partial charge < -0.3 is 5.73 Å². The first-order chi connectivity index (χ1) is 9.00. The van der Waals surface area contributed by atoms with Crippen LogP contribution in [0.4, 0.5) is 5.69 Å². The van der Waals surface area contributed by atoms with Crippen LogP contribution >= 0.6 is 12.6 Å². The van der Waals surface area contributed by atoms with Crippen LogP contribution in [-0.4, -0.2) is 11.6 Å². The van der Waals surface area contributed by atoms with Crippen LogP contribution in [-0.2, 0) is 0 Å². The topological polar surface area (TPSA) is 60.2 Å². The molecule has 2 aromatic rings. The van der Waals surface area contributed by atoms with Crippen LogP contribution in [0.5, 0.6) is 0 Å². The number of carbonyl (C=O) groups excluding carboxylic acids is 2. The zero-order valence-electron chi connectivity index (χ0n) is 10.2. The quantitative estimate of drug-likeness (QED) is 0.487. The van der Waals surface area contributed by atoms with Crippen molar-refractivity contribution in [2.75, 3.05) is 5.73 Å². The first-order valence-corrected chi connectivity index (χ1v) is 6.27. The monoisotopic (exact) mass is 269 g/mol. The summed E-state index contributed by atoms with van der Waals surface area (Å²) in [6.45, 7) is 1.89. The van der Waals surface area contributed by atoms with Crippen LogP contribution in [0.25, 0.3) is 0 Å². The summed E-state index contributed by atoms with van der Waals surface area (Å²) in [5.74, 6) is -0.369. The second-order valence-corrected chi connectivity index (χ2v) is 5.11. The average molecular weight is 269 g/mol. The lowest BCUT2D eigenvalue weighted by Gasteiger charge is -2.20. The van der Waals surface area contributed by atoms with E-state index in [2.05, 4.69) is 12.6 Å². The Labute approximate surface area is 115 Å². The van der Waals surface area contributed by atoms with E-state index in [0.717, 1.165) is 5.56 Å². The fraction of sp³-hybridized carbons (Fsp3) is 0.0667. The van der Waals surface area contributed by atoms with Crippen LogP contribution in [0.1, 0.15) is 37.4 Å². The maximum Gasteiger partial charge on any atom is 0.196 e. The van der Waals surface area contributed by atoms with E-state index in [1.165, 1.54) is 0 Å². The minimum atomic E-state index is -0.210.